The molecule has 0 aliphatic heterocycles. The Balaban J connectivity index is 2.95. The van der Waals surface area contributed by atoms with Gasteiger partial charge in [0, 0.05) is 0 Å². The molecule has 0 bridgehead atoms. The van der Waals surface area contributed by atoms with Crippen molar-refractivity contribution < 1.29 is 23.1 Å². The first-order valence-electron chi connectivity index (χ1n) is 4.95. The Labute approximate surface area is 107 Å². The molecule has 2 nitrogen and oxygen atoms in total. The lowest BCUT2D eigenvalue weighted by Gasteiger charge is -2.27. The Morgan fingerprint density at radius 2 is 1.71 bits per heavy atom. The fraction of sp³-hybridized carbons (Fsp3) is 0.900. The Kier molecular flexibility index (Phi) is 3.21. The van der Waals surface area contributed by atoms with E-state index in [-0.39, 0.29) is 0 Å². The van der Waals surface area contributed by atoms with Gasteiger partial charge in [-0.1, -0.05) is 44.0 Å². The maximum Gasteiger partial charge on any atom is 0.421 e. The van der Waals surface area contributed by atoms with Gasteiger partial charge in [0.1, 0.15) is 0 Å². The number of aliphatic carboxylic acids is 1. The molecular weight excluding hydrogens is 280 g/mol. The molecule has 2 atom stereocenters. The minimum atomic E-state index is -4.78. The SMILES string of the molecule is CC1(C)C(C(=O)O)C1(C)CC(Cl)(Cl)C(F)(F)F. The van der Waals surface area contributed by atoms with Crippen LogP contribution in [0.3, 0.4) is 0 Å². The standard InChI is InChI=1S/C10H13Cl2F3O2/c1-7(2)5(6(16)17)8(7,3)4-9(11,12)10(13,14)15/h5H,4H2,1-3H3,(H,16,17). The third-order valence-corrected chi connectivity index (χ3v) is 4.69. The van der Waals surface area contributed by atoms with Gasteiger partial charge in [-0.05, 0) is 17.3 Å². The molecule has 1 fully saturated rings. The van der Waals surface area contributed by atoms with E-state index in [4.69, 9.17) is 28.3 Å². The van der Waals surface area contributed by atoms with E-state index in [1.165, 1.54) is 6.92 Å². The molecule has 0 aromatic rings. The van der Waals surface area contributed by atoms with Gasteiger partial charge in [-0.2, -0.15) is 13.2 Å². The zero-order valence-corrected chi connectivity index (χ0v) is 11.0. The molecule has 0 radical (unpaired) electrons. The Bertz CT molecular complexity index is 352. The van der Waals surface area contributed by atoms with Crippen LogP contribution in [-0.2, 0) is 4.79 Å². The van der Waals surface area contributed by atoms with Crippen LogP contribution in [0.2, 0.25) is 0 Å². The number of hydrogen-bond donors (Lipinski definition) is 1. The first kappa shape index (κ1) is 14.9. The molecule has 0 aromatic carbocycles. The van der Waals surface area contributed by atoms with E-state index in [0.29, 0.717) is 0 Å². The molecule has 1 N–H and O–H groups in total. The number of rotatable bonds is 3. The Hall–Kier alpha value is -0.160. The lowest BCUT2D eigenvalue weighted by atomic mass is 9.92. The second-order valence-corrected chi connectivity index (χ2v) is 6.77. The summed E-state index contributed by atoms with van der Waals surface area (Å²) in [4.78, 5) is 11.0. The molecule has 0 aromatic heterocycles. The van der Waals surface area contributed by atoms with Crippen LogP contribution in [0.5, 0.6) is 0 Å². The van der Waals surface area contributed by atoms with Crippen LogP contribution in [0.25, 0.3) is 0 Å². The van der Waals surface area contributed by atoms with E-state index in [9.17, 15) is 18.0 Å². The van der Waals surface area contributed by atoms with Gasteiger partial charge in [-0.15, -0.1) is 0 Å². The number of halogens is 5. The third kappa shape index (κ3) is 2.12. The van der Waals surface area contributed by atoms with E-state index >= 15 is 0 Å². The molecule has 1 aliphatic rings. The maximum atomic E-state index is 12.6. The summed E-state index contributed by atoms with van der Waals surface area (Å²) in [7, 11) is 0. The summed E-state index contributed by atoms with van der Waals surface area (Å²) in [5, 5.41) is 8.96. The van der Waals surface area contributed by atoms with Crippen molar-refractivity contribution in [2.45, 2.75) is 37.7 Å². The van der Waals surface area contributed by atoms with Crippen LogP contribution in [0.1, 0.15) is 27.2 Å². The second kappa shape index (κ2) is 3.67. The minimum absolute atomic E-state index is 0.628. The van der Waals surface area contributed by atoms with E-state index < -0.39 is 39.6 Å². The molecule has 7 heteroatoms. The highest BCUT2D eigenvalue weighted by molar-refractivity contribution is 6.49. The van der Waals surface area contributed by atoms with Crippen LogP contribution in [0.15, 0.2) is 0 Å². The van der Waals surface area contributed by atoms with Gasteiger partial charge in [-0.3, -0.25) is 4.79 Å². The van der Waals surface area contributed by atoms with Gasteiger partial charge in [0.2, 0.25) is 4.33 Å². The van der Waals surface area contributed by atoms with Crippen molar-refractivity contribution in [2.24, 2.45) is 16.7 Å². The number of hydrogen-bond acceptors (Lipinski definition) is 1. The molecule has 0 heterocycles. The largest absolute Gasteiger partial charge is 0.481 e. The van der Waals surface area contributed by atoms with Crippen molar-refractivity contribution in [3.8, 4) is 0 Å². The average molecular weight is 293 g/mol. The monoisotopic (exact) mass is 292 g/mol. The minimum Gasteiger partial charge on any atom is -0.481 e. The van der Waals surface area contributed by atoms with Gasteiger partial charge >= 0.3 is 12.1 Å². The zero-order valence-electron chi connectivity index (χ0n) is 9.53. The summed E-state index contributed by atoms with van der Waals surface area (Å²) in [6.45, 7) is 4.68. The van der Waals surface area contributed by atoms with E-state index in [2.05, 4.69) is 0 Å². The molecule has 100 valence electrons. The topological polar surface area (TPSA) is 37.3 Å². The molecule has 2 unspecified atom stereocenters. The summed E-state index contributed by atoms with van der Waals surface area (Å²) in [6.07, 6.45) is -5.41. The number of carboxylic acids is 1. The summed E-state index contributed by atoms with van der Waals surface area (Å²) in [6, 6.07) is 0. The van der Waals surface area contributed by atoms with Crippen LogP contribution in [-0.4, -0.2) is 21.6 Å². The lowest BCUT2D eigenvalue weighted by molar-refractivity contribution is -0.148. The van der Waals surface area contributed by atoms with Crippen molar-refractivity contribution in [3.05, 3.63) is 0 Å². The van der Waals surface area contributed by atoms with Crippen LogP contribution < -0.4 is 0 Å². The summed E-state index contributed by atoms with van der Waals surface area (Å²) >= 11 is 10.6. The first-order chi connectivity index (χ1) is 7.27. The van der Waals surface area contributed by atoms with Crippen LogP contribution >= 0.6 is 23.2 Å². The van der Waals surface area contributed by atoms with Gasteiger partial charge in [0.05, 0.1) is 5.92 Å². The van der Waals surface area contributed by atoms with Gasteiger partial charge < -0.3 is 5.11 Å². The molecule has 0 amide bonds. The van der Waals surface area contributed by atoms with Crippen LogP contribution in [0.4, 0.5) is 13.2 Å². The average Bonchev–Trinajstić information content (AvgIpc) is 2.39. The van der Waals surface area contributed by atoms with Crippen molar-refractivity contribution >= 4 is 29.2 Å². The van der Waals surface area contributed by atoms with Gasteiger partial charge in [0.15, 0.2) is 0 Å². The molecule has 1 saturated carbocycles. The molecule has 0 spiro atoms. The van der Waals surface area contributed by atoms with Crippen molar-refractivity contribution in [3.63, 3.8) is 0 Å². The summed E-state index contributed by atoms with van der Waals surface area (Å²) < 4.78 is 34.8. The van der Waals surface area contributed by atoms with Crippen LogP contribution in [0, 0.1) is 16.7 Å². The van der Waals surface area contributed by atoms with Crippen molar-refractivity contribution in [2.75, 3.05) is 0 Å². The fourth-order valence-corrected chi connectivity index (χ4v) is 3.10. The number of alkyl halides is 5. The predicted octanol–water partition coefficient (Wildman–Crippen LogP) is 3.86. The van der Waals surface area contributed by atoms with Gasteiger partial charge in [0.25, 0.3) is 0 Å². The highest BCUT2D eigenvalue weighted by Crippen LogP contribution is 2.73. The van der Waals surface area contributed by atoms with E-state index in [1.54, 1.807) is 13.8 Å². The molecule has 1 rings (SSSR count). The molecular formula is C10H13Cl2F3O2. The summed E-state index contributed by atoms with van der Waals surface area (Å²) in [5.41, 5.74) is -1.81. The van der Waals surface area contributed by atoms with Crippen molar-refractivity contribution in [1.29, 1.82) is 0 Å². The normalized spacial score (nSPS) is 32.4. The highest BCUT2D eigenvalue weighted by Gasteiger charge is 2.74. The van der Waals surface area contributed by atoms with Gasteiger partial charge in [-0.25, -0.2) is 0 Å². The van der Waals surface area contributed by atoms with E-state index in [1.807, 2.05) is 0 Å². The second-order valence-electron chi connectivity index (χ2n) is 5.29. The first-order valence-corrected chi connectivity index (χ1v) is 5.70. The smallest absolute Gasteiger partial charge is 0.421 e. The third-order valence-electron chi connectivity index (χ3n) is 4.00. The van der Waals surface area contributed by atoms with Crippen molar-refractivity contribution in [1.82, 2.24) is 0 Å². The Morgan fingerprint density at radius 3 is 1.94 bits per heavy atom. The maximum absolute atomic E-state index is 12.6. The predicted molar refractivity (Wildman–Crippen MR) is 58.1 cm³/mol. The molecule has 1 aliphatic carbocycles. The summed E-state index contributed by atoms with van der Waals surface area (Å²) in [5.74, 6) is -1.99. The van der Waals surface area contributed by atoms with E-state index in [0.717, 1.165) is 0 Å². The molecule has 17 heavy (non-hydrogen) atoms. The number of carbonyl (C=O) groups is 1. The quantitative estimate of drug-likeness (QED) is 0.802. The molecule has 0 saturated heterocycles. The Morgan fingerprint density at radius 1 is 1.29 bits per heavy atom. The highest BCUT2D eigenvalue weighted by atomic mass is 35.5. The lowest BCUT2D eigenvalue weighted by Crippen LogP contribution is -2.37. The fourth-order valence-electron chi connectivity index (χ4n) is 2.54. The number of carboxylic acid groups (broad SMARTS) is 1. The zero-order chi connectivity index (χ0) is 13.9.